The molecule has 0 unspecified atom stereocenters. The zero-order valence-corrected chi connectivity index (χ0v) is 10.4. The number of hydrogen-bond donors (Lipinski definition) is 2. The number of primary amides is 1. The van der Waals surface area contributed by atoms with E-state index in [1.807, 2.05) is 36.5 Å². The molecule has 0 atom stereocenters. The number of nitrogens with one attached hydrogen (secondary N) is 1. The molecule has 3 N–H and O–H groups in total. The molecule has 2 aromatic carbocycles. The van der Waals surface area contributed by atoms with Crippen LogP contribution in [-0.4, -0.2) is 5.91 Å². The summed E-state index contributed by atoms with van der Waals surface area (Å²) in [7, 11) is 0. The molecular formula is C16H14N2O. The fourth-order valence-corrected chi connectivity index (χ4v) is 2.33. The van der Waals surface area contributed by atoms with Gasteiger partial charge in [0.05, 0.1) is 0 Å². The van der Waals surface area contributed by atoms with Gasteiger partial charge in [-0.3, -0.25) is 4.79 Å². The highest BCUT2D eigenvalue weighted by Gasteiger charge is 2.15. The number of hydrogen-bond acceptors (Lipinski definition) is 2. The Morgan fingerprint density at radius 1 is 1.11 bits per heavy atom. The smallest absolute Gasteiger partial charge is 0.248 e. The minimum atomic E-state index is -0.395. The molecule has 1 amide bonds. The Labute approximate surface area is 111 Å². The largest absolute Gasteiger partial charge is 0.386 e. The summed E-state index contributed by atoms with van der Waals surface area (Å²) in [5, 5.41) is 3.26. The van der Waals surface area contributed by atoms with Crippen LogP contribution in [0.5, 0.6) is 0 Å². The van der Waals surface area contributed by atoms with Crippen LogP contribution >= 0.6 is 0 Å². The first-order chi connectivity index (χ1) is 9.25. The Morgan fingerprint density at radius 2 is 1.89 bits per heavy atom. The zero-order chi connectivity index (χ0) is 13.2. The second kappa shape index (κ2) is 4.61. The number of rotatable bonds is 2. The molecule has 0 fully saturated rings. The maximum absolute atomic E-state index is 11.3. The standard InChI is InChI=1S/C16H14N2O/c17-16(19)12-6-7-13-9-18-10-15(14(13)8-12)11-4-2-1-3-5-11/h1-8,10,18H,9H2,(H2,17,19). The third kappa shape index (κ3) is 2.10. The van der Waals surface area contributed by atoms with Crippen molar-refractivity contribution >= 4 is 11.5 Å². The first-order valence-electron chi connectivity index (χ1n) is 6.18. The number of benzene rings is 2. The molecule has 0 aromatic heterocycles. The fourth-order valence-electron chi connectivity index (χ4n) is 2.33. The van der Waals surface area contributed by atoms with Crippen molar-refractivity contribution in [3.8, 4) is 0 Å². The van der Waals surface area contributed by atoms with E-state index in [2.05, 4.69) is 17.4 Å². The summed E-state index contributed by atoms with van der Waals surface area (Å²) in [6.07, 6.45) is 1.99. The van der Waals surface area contributed by atoms with Crippen LogP contribution in [0.3, 0.4) is 0 Å². The molecule has 0 bridgehead atoms. The minimum absolute atomic E-state index is 0.395. The molecule has 0 aliphatic carbocycles. The predicted octanol–water partition coefficient (Wildman–Crippen LogP) is 2.28. The normalized spacial score (nSPS) is 13.2. The molecular weight excluding hydrogens is 236 g/mol. The van der Waals surface area contributed by atoms with E-state index < -0.39 is 5.91 Å². The fraction of sp³-hybridized carbons (Fsp3) is 0.0625. The van der Waals surface area contributed by atoms with E-state index in [0.29, 0.717) is 5.56 Å². The molecule has 19 heavy (non-hydrogen) atoms. The highest BCUT2D eigenvalue weighted by molar-refractivity contribution is 5.95. The third-order valence-electron chi connectivity index (χ3n) is 3.31. The number of amides is 1. The Bertz CT molecular complexity index is 660. The van der Waals surface area contributed by atoms with Crippen molar-refractivity contribution < 1.29 is 4.79 Å². The predicted molar refractivity (Wildman–Crippen MR) is 75.3 cm³/mol. The second-order valence-electron chi connectivity index (χ2n) is 4.54. The summed E-state index contributed by atoms with van der Waals surface area (Å²) in [6, 6.07) is 15.7. The SMILES string of the molecule is NC(=O)c1ccc2c(c1)C(c1ccccc1)=CNC2. The number of fused-ring (bicyclic) bond motifs is 1. The average Bonchev–Trinajstić information content (AvgIpc) is 2.47. The molecule has 0 saturated carbocycles. The third-order valence-corrected chi connectivity index (χ3v) is 3.31. The van der Waals surface area contributed by atoms with Gasteiger partial charge in [-0.15, -0.1) is 0 Å². The first-order valence-corrected chi connectivity index (χ1v) is 6.18. The maximum Gasteiger partial charge on any atom is 0.248 e. The lowest BCUT2D eigenvalue weighted by Gasteiger charge is -2.20. The van der Waals surface area contributed by atoms with E-state index in [0.717, 1.165) is 23.2 Å². The van der Waals surface area contributed by atoms with Gasteiger partial charge in [0, 0.05) is 23.9 Å². The second-order valence-corrected chi connectivity index (χ2v) is 4.54. The monoisotopic (exact) mass is 250 g/mol. The van der Waals surface area contributed by atoms with Gasteiger partial charge in [-0.1, -0.05) is 36.4 Å². The van der Waals surface area contributed by atoms with Crippen LogP contribution in [0.15, 0.2) is 54.7 Å². The molecule has 1 heterocycles. The van der Waals surface area contributed by atoms with Crippen molar-refractivity contribution in [2.45, 2.75) is 6.54 Å². The highest BCUT2D eigenvalue weighted by Crippen LogP contribution is 2.29. The van der Waals surface area contributed by atoms with Crippen molar-refractivity contribution in [3.05, 3.63) is 77.0 Å². The van der Waals surface area contributed by atoms with Gasteiger partial charge in [0.2, 0.25) is 5.91 Å². The van der Waals surface area contributed by atoms with E-state index in [4.69, 9.17) is 5.73 Å². The Kier molecular flexibility index (Phi) is 2.80. The summed E-state index contributed by atoms with van der Waals surface area (Å²) in [5.41, 5.74) is 10.4. The Balaban J connectivity index is 2.13. The first kappa shape index (κ1) is 11.5. The van der Waals surface area contributed by atoms with Crippen LogP contribution in [0.25, 0.3) is 5.57 Å². The minimum Gasteiger partial charge on any atom is -0.386 e. The lowest BCUT2D eigenvalue weighted by molar-refractivity contribution is 0.100. The van der Waals surface area contributed by atoms with Crippen molar-refractivity contribution in [1.82, 2.24) is 5.32 Å². The molecule has 3 nitrogen and oxygen atoms in total. The van der Waals surface area contributed by atoms with Crippen LogP contribution in [-0.2, 0) is 6.54 Å². The van der Waals surface area contributed by atoms with Gasteiger partial charge in [-0.25, -0.2) is 0 Å². The Hall–Kier alpha value is -2.55. The molecule has 94 valence electrons. The lowest BCUT2D eigenvalue weighted by Crippen LogP contribution is -2.17. The summed E-state index contributed by atoms with van der Waals surface area (Å²) >= 11 is 0. The van der Waals surface area contributed by atoms with Crippen LogP contribution in [0.4, 0.5) is 0 Å². The van der Waals surface area contributed by atoms with Crippen molar-refractivity contribution in [3.63, 3.8) is 0 Å². The molecule has 2 aromatic rings. The quantitative estimate of drug-likeness (QED) is 0.859. The zero-order valence-electron chi connectivity index (χ0n) is 10.4. The summed E-state index contributed by atoms with van der Waals surface area (Å²) < 4.78 is 0. The van der Waals surface area contributed by atoms with Crippen LogP contribution < -0.4 is 11.1 Å². The van der Waals surface area contributed by atoms with Gasteiger partial charge in [0.1, 0.15) is 0 Å². The van der Waals surface area contributed by atoms with Crippen molar-refractivity contribution in [1.29, 1.82) is 0 Å². The molecule has 1 aliphatic heterocycles. The van der Waals surface area contributed by atoms with Gasteiger partial charge in [-0.05, 0) is 28.8 Å². The van der Waals surface area contributed by atoms with Crippen LogP contribution in [0.1, 0.15) is 27.0 Å². The van der Waals surface area contributed by atoms with Crippen LogP contribution in [0, 0.1) is 0 Å². The van der Waals surface area contributed by atoms with E-state index in [1.54, 1.807) is 6.07 Å². The van der Waals surface area contributed by atoms with Gasteiger partial charge in [0.25, 0.3) is 0 Å². The Morgan fingerprint density at radius 3 is 2.63 bits per heavy atom. The van der Waals surface area contributed by atoms with Crippen molar-refractivity contribution in [2.75, 3.05) is 0 Å². The summed E-state index contributed by atoms with van der Waals surface area (Å²) in [6.45, 7) is 0.769. The number of carbonyl (C=O) groups is 1. The number of nitrogens with two attached hydrogens (primary N) is 1. The molecule has 3 heteroatoms. The van der Waals surface area contributed by atoms with Crippen LogP contribution in [0.2, 0.25) is 0 Å². The molecule has 1 aliphatic rings. The van der Waals surface area contributed by atoms with Gasteiger partial charge in [0.15, 0.2) is 0 Å². The van der Waals surface area contributed by atoms with Gasteiger partial charge in [-0.2, -0.15) is 0 Å². The van der Waals surface area contributed by atoms with E-state index >= 15 is 0 Å². The maximum atomic E-state index is 11.3. The number of carbonyl (C=O) groups excluding carboxylic acids is 1. The molecule has 3 rings (SSSR count). The van der Waals surface area contributed by atoms with Crippen molar-refractivity contribution in [2.24, 2.45) is 5.73 Å². The molecule has 0 spiro atoms. The average molecular weight is 250 g/mol. The van der Waals surface area contributed by atoms with E-state index in [9.17, 15) is 4.79 Å². The van der Waals surface area contributed by atoms with E-state index in [1.165, 1.54) is 5.56 Å². The van der Waals surface area contributed by atoms with E-state index in [-0.39, 0.29) is 0 Å². The topological polar surface area (TPSA) is 55.1 Å². The molecule has 0 radical (unpaired) electrons. The summed E-state index contributed by atoms with van der Waals surface area (Å²) in [5.74, 6) is -0.395. The highest BCUT2D eigenvalue weighted by atomic mass is 16.1. The lowest BCUT2D eigenvalue weighted by atomic mass is 9.91. The summed E-state index contributed by atoms with van der Waals surface area (Å²) in [4.78, 5) is 11.3. The van der Waals surface area contributed by atoms with Gasteiger partial charge < -0.3 is 11.1 Å². The van der Waals surface area contributed by atoms with Gasteiger partial charge >= 0.3 is 0 Å². The molecule has 0 saturated heterocycles.